The zero-order chi connectivity index (χ0) is 22.7. The van der Waals surface area contributed by atoms with Crippen molar-refractivity contribution < 1.29 is 9.59 Å². The molecule has 2 heterocycles. The van der Waals surface area contributed by atoms with Crippen molar-refractivity contribution in [1.29, 1.82) is 0 Å². The zero-order valence-corrected chi connectivity index (χ0v) is 20.5. The average Bonchev–Trinajstić information content (AvgIpc) is 2.71. The molecule has 0 unspecified atom stereocenters. The van der Waals surface area contributed by atoms with Crippen molar-refractivity contribution in [3.8, 4) is 0 Å². The van der Waals surface area contributed by atoms with Gasteiger partial charge < -0.3 is 20.9 Å². The van der Waals surface area contributed by atoms with Gasteiger partial charge >= 0.3 is 0 Å². The van der Waals surface area contributed by atoms with Gasteiger partial charge in [0.15, 0.2) is 0 Å². The largest absolute Gasteiger partial charge is 0.370 e. The van der Waals surface area contributed by atoms with Crippen LogP contribution in [0.2, 0.25) is 0 Å². The molecule has 3 N–H and O–H groups in total. The summed E-state index contributed by atoms with van der Waals surface area (Å²) in [7, 11) is 0. The Bertz CT molecular complexity index is 530. The third kappa shape index (κ3) is 11.9. The second-order valence-electron chi connectivity index (χ2n) is 11.1. The fourth-order valence-electron chi connectivity index (χ4n) is 4.89. The Balaban J connectivity index is 1.47. The van der Waals surface area contributed by atoms with Gasteiger partial charge in [0.05, 0.1) is 0 Å². The molecule has 0 atom stereocenters. The summed E-state index contributed by atoms with van der Waals surface area (Å²) in [4.78, 5) is 27.8. The van der Waals surface area contributed by atoms with Crippen LogP contribution in [-0.4, -0.2) is 67.4 Å². The molecule has 2 amide bonds. The number of nitrogens with one attached hydrogen (secondary N) is 1. The van der Waals surface area contributed by atoms with E-state index in [1.165, 1.54) is 44.9 Å². The van der Waals surface area contributed by atoms with Crippen LogP contribution in [-0.2, 0) is 9.59 Å². The normalized spacial score (nSPS) is 20.1. The van der Waals surface area contributed by atoms with Crippen LogP contribution in [0, 0.1) is 17.3 Å². The Labute approximate surface area is 190 Å². The molecule has 0 aliphatic carbocycles. The van der Waals surface area contributed by atoms with Gasteiger partial charge in [-0.1, -0.05) is 40.0 Å². The standard InChI is InChI=1S/C25H48N4O2/c1-25(2,3)13-14-27-24(31)12-20-29-17-9-22(10-18-29)6-4-5-21-7-15-28(16-8-21)19-11-23(26)30/h21-22H,4-20H2,1-3H3,(H2,26,30)(H,27,31). The smallest absolute Gasteiger partial charge is 0.221 e. The van der Waals surface area contributed by atoms with E-state index in [1.807, 2.05) is 0 Å². The van der Waals surface area contributed by atoms with Gasteiger partial charge in [0.1, 0.15) is 0 Å². The number of nitrogens with two attached hydrogens (primary N) is 1. The molecule has 0 saturated carbocycles. The molecular weight excluding hydrogens is 388 g/mol. The van der Waals surface area contributed by atoms with Crippen molar-refractivity contribution in [2.75, 3.05) is 45.8 Å². The van der Waals surface area contributed by atoms with Crippen LogP contribution in [0.15, 0.2) is 0 Å². The van der Waals surface area contributed by atoms with E-state index in [0.29, 0.717) is 12.8 Å². The molecule has 6 heteroatoms. The highest BCUT2D eigenvalue weighted by Crippen LogP contribution is 2.27. The summed E-state index contributed by atoms with van der Waals surface area (Å²) in [5, 5.41) is 3.07. The average molecular weight is 437 g/mol. The summed E-state index contributed by atoms with van der Waals surface area (Å²) < 4.78 is 0. The summed E-state index contributed by atoms with van der Waals surface area (Å²) in [5.74, 6) is 1.74. The van der Waals surface area contributed by atoms with E-state index in [0.717, 1.165) is 64.1 Å². The van der Waals surface area contributed by atoms with Crippen molar-refractivity contribution in [3.05, 3.63) is 0 Å². The van der Waals surface area contributed by atoms with Gasteiger partial charge in [-0.3, -0.25) is 9.59 Å². The van der Waals surface area contributed by atoms with E-state index >= 15 is 0 Å². The third-order valence-electron chi connectivity index (χ3n) is 7.17. The molecule has 0 aromatic rings. The number of hydrogen-bond donors (Lipinski definition) is 2. The predicted molar refractivity (Wildman–Crippen MR) is 128 cm³/mol. The Hall–Kier alpha value is -1.14. The number of likely N-dealkylation sites (tertiary alicyclic amines) is 2. The highest BCUT2D eigenvalue weighted by Gasteiger charge is 2.22. The quantitative estimate of drug-likeness (QED) is 0.491. The molecule has 6 nitrogen and oxygen atoms in total. The summed E-state index contributed by atoms with van der Waals surface area (Å²) in [6.07, 6.45) is 11.4. The Morgan fingerprint density at radius 1 is 0.871 bits per heavy atom. The fourth-order valence-corrected chi connectivity index (χ4v) is 4.89. The molecule has 2 aliphatic heterocycles. The Kier molecular flexibility index (Phi) is 11.3. The molecule has 0 aromatic heterocycles. The number of rotatable bonds is 12. The number of carbonyl (C=O) groups is 2. The third-order valence-corrected chi connectivity index (χ3v) is 7.17. The second-order valence-corrected chi connectivity index (χ2v) is 11.1. The van der Waals surface area contributed by atoms with Crippen molar-refractivity contribution in [2.24, 2.45) is 23.0 Å². The maximum Gasteiger partial charge on any atom is 0.221 e. The van der Waals surface area contributed by atoms with E-state index in [-0.39, 0.29) is 17.2 Å². The van der Waals surface area contributed by atoms with Crippen molar-refractivity contribution in [1.82, 2.24) is 15.1 Å². The van der Waals surface area contributed by atoms with E-state index in [2.05, 4.69) is 35.9 Å². The second kappa shape index (κ2) is 13.4. The molecule has 180 valence electrons. The number of nitrogens with zero attached hydrogens (tertiary/aromatic N) is 2. The lowest BCUT2D eigenvalue weighted by molar-refractivity contribution is -0.121. The topological polar surface area (TPSA) is 78.7 Å². The Morgan fingerprint density at radius 3 is 1.81 bits per heavy atom. The lowest BCUT2D eigenvalue weighted by Crippen LogP contribution is -2.37. The maximum atomic E-state index is 12.1. The van der Waals surface area contributed by atoms with E-state index < -0.39 is 0 Å². The lowest BCUT2D eigenvalue weighted by atomic mass is 9.87. The first-order valence-electron chi connectivity index (χ1n) is 12.7. The highest BCUT2D eigenvalue weighted by atomic mass is 16.1. The highest BCUT2D eigenvalue weighted by molar-refractivity contribution is 5.76. The minimum atomic E-state index is -0.187. The van der Waals surface area contributed by atoms with Gasteiger partial charge in [-0.25, -0.2) is 0 Å². The van der Waals surface area contributed by atoms with Crippen molar-refractivity contribution in [3.63, 3.8) is 0 Å². The van der Waals surface area contributed by atoms with Crippen LogP contribution >= 0.6 is 0 Å². The van der Waals surface area contributed by atoms with Crippen LogP contribution in [0.4, 0.5) is 0 Å². The zero-order valence-electron chi connectivity index (χ0n) is 20.5. The van der Waals surface area contributed by atoms with E-state index in [4.69, 9.17) is 5.73 Å². The summed E-state index contributed by atoms with van der Waals surface area (Å²) in [6, 6.07) is 0. The summed E-state index contributed by atoms with van der Waals surface area (Å²) >= 11 is 0. The Morgan fingerprint density at radius 2 is 1.35 bits per heavy atom. The van der Waals surface area contributed by atoms with Crippen LogP contribution in [0.3, 0.4) is 0 Å². The van der Waals surface area contributed by atoms with Crippen LogP contribution in [0.5, 0.6) is 0 Å². The summed E-state index contributed by atoms with van der Waals surface area (Å²) in [5.41, 5.74) is 5.53. The number of piperidine rings is 2. The van der Waals surface area contributed by atoms with E-state index in [9.17, 15) is 9.59 Å². The molecule has 2 saturated heterocycles. The number of carbonyl (C=O) groups excluding carboxylic acids is 2. The van der Waals surface area contributed by atoms with Gasteiger partial charge in [0, 0.05) is 32.5 Å². The van der Waals surface area contributed by atoms with Gasteiger partial charge in [0.2, 0.25) is 11.8 Å². The molecule has 0 bridgehead atoms. The lowest BCUT2D eigenvalue weighted by Gasteiger charge is -2.33. The number of hydrogen-bond acceptors (Lipinski definition) is 4. The SMILES string of the molecule is CC(C)(C)CCNC(=O)CCN1CCC(CCCC2CCN(CCC(N)=O)CC2)CC1. The molecular formula is C25H48N4O2. The molecule has 0 spiro atoms. The first kappa shape index (κ1) is 26.1. The van der Waals surface area contributed by atoms with Crippen LogP contribution < -0.4 is 11.1 Å². The minimum Gasteiger partial charge on any atom is -0.370 e. The van der Waals surface area contributed by atoms with Crippen LogP contribution in [0.1, 0.15) is 85.0 Å². The molecule has 2 aliphatic rings. The van der Waals surface area contributed by atoms with Gasteiger partial charge in [-0.2, -0.15) is 0 Å². The van der Waals surface area contributed by atoms with Gasteiger partial charge in [0.25, 0.3) is 0 Å². The molecule has 2 rings (SSSR count). The first-order valence-corrected chi connectivity index (χ1v) is 12.7. The molecule has 31 heavy (non-hydrogen) atoms. The number of amides is 2. The predicted octanol–water partition coefficient (Wildman–Crippen LogP) is 3.40. The molecule has 0 aromatic carbocycles. The first-order chi connectivity index (χ1) is 14.7. The fraction of sp³-hybridized carbons (Fsp3) is 0.920. The minimum absolute atomic E-state index is 0.187. The van der Waals surface area contributed by atoms with Crippen molar-refractivity contribution >= 4 is 11.8 Å². The maximum absolute atomic E-state index is 12.1. The number of primary amides is 1. The monoisotopic (exact) mass is 436 g/mol. The van der Waals surface area contributed by atoms with E-state index in [1.54, 1.807) is 0 Å². The summed E-state index contributed by atoms with van der Waals surface area (Å²) in [6.45, 7) is 13.7. The van der Waals surface area contributed by atoms with Crippen LogP contribution in [0.25, 0.3) is 0 Å². The molecule has 0 radical (unpaired) electrons. The molecule has 2 fully saturated rings. The van der Waals surface area contributed by atoms with Crippen molar-refractivity contribution in [2.45, 2.75) is 85.0 Å². The van der Waals surface area contributed by atoms with Gasteiger partial charge in [-0.15, -0.1) is 0 Å². The van der Waals surface area contributed by atoms with Gasteiger partial charge in [-0.05, 0) is 75.5 Å².